The molecular weight excluding hydrogens is 482 g/mol. The number of hydrogen-bond donors (Lipinski definition) is 3. The van der Waals surface area contributed by atoms with Crippen LogP contribution < -0.4 is 19.9 Å². The molecule has 0 radical (unpaired) electrons. The Morgan fingerprint density at radius 2 is 1.97 bits per heavy atom. The van der Waals surface area contributed by atoms with Crippen LogP contribution >= 0.6 is 10.6 Å². The molecule has 2 amide bonds. The van der Waals surface area contributed by atoms with Crippen molar-refractivity contribution in [3.8, 4) is 5.75 Å². The first kappa shape index (κ1) is 24.7. The summed E-state index contributed by atoms with van der Waals surface area (Å²) in [6.45, 7) is 6.70. The predicted molar refractivity (Wildman–Crippen MR) is 142 cm³/mol. The molecule has 0 aliphatic carbocycles. The van der Waals surface area contributed by atoms with E-state index in [9.17, 15) is 18.7 Å². The van der Waals surface area contributed by atoms with Gasteiger partial charge in [-0.2, -0.15) is 10.6 Å². The Bertz CT molecular complexity index is 1230. The van der Waals surface area contributed by atoms with E-state index in [-0.39, 0.29) is 23.9 Å². The van der Waals surface area contributed by atoms with E-state index >= 15 is 0 Å². The van der Waals surface area contributed by atoms with Crippen molar-refractivity contribution in [3.05, 3.63) is 35.9 Å². The SMILES string of the molecule is COc1cc(C(=O)N2CC3(CCS3(O)O)C2)ccc1Nc1ccc2c(n1)N(C(C)C)[C@H](C)C(=O)N2C. The van der Waals surface area contributed by atoms with Gasteiger partial charge in [0.2, 0.25) is 5.91 Å². The fourth-order valence-corrected chi connectivity index (χ4v) is 7.21. The normalized spacial score (nSPS) is 22.6. The van der Waals surface area contributed by atoms with E-state index in [1.54, 1.807) is 42.2 Å². The molecular formula is C25H33N5O5S. The van der Waals surface area contributed by atoms with Gasteiger partial charge in [-0.25, -0.2) is 4.98 Å². The number of pyridine rings is 1. The number of amides is 2. The number of benzene rings is 1. The Kier molecular flexibility index (Phi) is 5.85. The molecule has 0 bridgehead atoms. The van der Waals surface area contributed by atoms with Crippen molar-refractivity contribution in [1.29, 1.82) is 0 Å². The molecule has 1 atom stereocenters. The van der Waals surface area contributed by atoms with Crippen molar-refractivity contribution in [2.24, 2.45) is 0 Å². The number of carbonyl (C=O) groups is 2. The molecule has 3 aliphatic rings. The number of anilines is 4. The smallest absolute Gasteiger partial charge is 0.254 e. The van der Waals surface area contributed by atoms with Gasteiger partial charge < -0.3 is 24.8 Å². The van der Waals surface area contributed by atoms with Gasteiger partial charge in [0.1, 0.15) is 17.6 Å². The fourth-order valence-electron chi connectivity index (χ4n) is 5.33. The van der Waals surface area contributed by atoms with E-state index in [2.05, 4.69) is 5.32 Å². The highest BCUT2D eigenvalue weighted by Gasteiger charge is 2.60. The van der Waals surface area contributed by atoms with E-state index < -0.39 is 15.3 Å². The van der Waals surface area contributed by atoms with E-state index in [1.807, 2.05) is 37.8 Å². The molecule has 0 unspecified atom stereocenters. The Hall–Kier alpha value is -3.02. The Morgan fingerprint density at radius 3 is 2.56 bits per heavy atom. The van der Waals surface area contributed by atoms with E-state index in [0.717, 1.165) is 17.9 Å². The van der Waals surface area contributed by atoms with E-state index in [4.69, 9.17) is 9.72 Å². The van der Waals surface area contributed by atoms with Gasteiger partial charge in [-0.1, -0.05) is 0 Å². The fraction of sp³-hybridized carbons (Fsp3) is 0.480. The minimum Gasteiger partial charge on any atom is -0.495 e. The van der Waals surface area contributed by atoms with Crippen LogP contribution in [0.2, 0.25) is 0 Å². The number of fused-ring (bicyclic) bond motifs is 1. The summed E-state index contributed by atoms with van der Waals surface area (Å²) in [5.74, 6) is 2.10. The van der Waals surface area contributed by atoms with Gasteiger partial charge in [0.25, 0.3) is 5.91 Å². The van der Waals surface area contributed by atoms with Crippen LogP contribution in [0.15, 0.2) is 30.3 Å². The summed E-state index contributed by atoms with van der Waals surface area (Å²) in [6, 6.07) is 8.63. The van der Waals surface area contributed by atoms with Crippen LogP contribution in [0, 0.1) is 0 Å². The second kappa shape index (κ2) is 8.53. The third-order valence-corrected chi connectivity index (χ3v) is 10.2. The molecule has 1 aromatic carbocycles. The molecule has 3 aliphatic heterocycles. The molecule has 5 rings (SSSR count). The highest BCUT2D eigenvalue weighted by Crippen LogP contribution is 2.67. The van der Waals surface area contributed by atoms with E-state index in [0.29, 0.717) is 41.7 Å². The average molecular weight is 516 g/mol. The molecule has 194 valence electrons. The molecule has 36 heavy (non-hydrogen) atoms. The largest absolute Gasteiger partial charge is 0.495 e. The lowest BCUT2D eigenvalue weighted by molar-refractivity contribution is -0.119. The molecule has 1 spiro atoms. The van der Waals surface area contributed by atoms with Crippen LogP contribution in [-0.4, -0.2) is 80.6 Å². The lowest BCUT2D eigenvalue weighted by atomic mass is 9.93. The number of rotatable bonds is 5. The number of nitrogens with zero attached hydrogens (tertiary/aromatic N) is 4. The van der Waals surface area contributed by atoms with E-state index in [1.165, 1.54) is 0 Å². The van der Waals surface area contributed by atoms with Crippen molar-refractivity contribution in [3.63, 3.8) is 0 Å². The Morgan fingerprint density at radius 1 is 1.25 bits per heavy atom. The van der Waals surface area contributed by atoms with Gasteiger partial charge in [-0.3, -0.25) is 18.7 Å². The number of aromatic nitrogens is 1. The van der Waals surface area contributed by atoms with Crippen LogP contribution in [0.1, 0.15) is 37.6 Å². The first-order valence-corrected chi connectivity index (χ1v) is 13.8. The summed E-state index contributed by atoms with van der Waals surface area (Å²) >= 11 is 0. The number of hydrogen-bond acceptors (Lipinski definition) is 8. The minimum atomic E-state index is -2.57. The van der Waals surface area contributed by atoms with Gasteiger partial charge >= 0.3 is 0 Å². The molecule has 1 aromatic heterocycles. The highest BCUT2D eigenvalue weighted by atomic mass is 32.3. The van der Waals surface area contributed by atoms with Gasteiger partial charge in [-0.15, -0.1) is 0 Å². The number of likely N-dealkylation sites (N-methyl/N-ethyl adjacent to an activating group) is 1. The second-order valence-electron chi connectivity index (χ2n) is 10.1. The second-order valence-corrected chi connectivity index (χ2v) is 12.7. The van der Waals surface area contributed by atoms with Gasteiger partial charge in [0, 0.05) is 37.5 Å². The average Bonchev–Trinajstić information content (AvgIpc) is 2.81. The minimum absolute atomic E-state index is 0.0242. The maximum atomic E-state index is 13.0. The zero-order valence-corrected chi connectivity index (χ0v) is 22.0. The Labute approximate surface area is 212 Å². The number of nitrogens with one attached hydrogen (secondary N) is 1. The standard InChI is InChI=1S/C25H33N5O5S/c1-15(2)30-16(3)23(31)28(4)19-8-9-21(27-22(19)30)26-18-7-6-17(12-20(18)35-5)24(32)29-13-25(14-29)10-11-36(25,33)34/h6-9,12,15-16,33-34H,10-11,13-14H2,1-5H3,(H,26,27)/t16-/m1/s1. The molecule has 2 fully saturated rings. The summed E-state index contributed by atoms with van der Waals surface area (Å²) in [6.07, 6.45) is 0.746. The van der Waals surface area contributed by atoms with Crippen LogP contribution in [0.25, 0.3) is 0 Å². The van der Waals surface area contributed by atoms with Crippen molar-refractivity contribution >= 4 is 45.4 Å². The molecule has 10 nitrogen and oxygen atoms in total. The number of methoxy groups -OCH3 is 1. The van der Waals surface area contributed by atoms with Gasteiger partial charge in [-0.05, 0) is 57.5 Å². The zero-order chi connectivity index (χ0) is 26.0. The van der Waals surface area contributed by atoms with Crippen molar-refractivity contribution in [2.45, 2.75) is 44.0 Å². The summed E-state index contributed by atoms with van der Waals surface area (Å²) in [5, 5.41) is 3.29. The van der Waals surface area contributed by atoms with Crippen molar-refractivity contribution in [2.75, 3.05) is 48.1 Å². The van der Waals surface area contributed by atoms with Crippen LogP contribution in [0.3, 0.4) is 0 Å². The molecule has 0 saturated carbocycles. The summed E-state index contributed by atoms with van der Waals surface area (Å²) < 4.78 is 25.3. The number of carbonyl (C=O) groups excluding carboxylic acids is 2. The van der Waals surface area contributed by atoms with Gasteiger partial charge in [0.05, 0.1) is 23.2 Å². The maximum absolute atomic E-state index is 13.0. The molecule has 3 N–H and O–H groups in total. The number of likely N-dealkylation sites (tertiary alicyclic amines) is 1. The molecule has 4 heterocycles. The third kappa shape index (κ3) is 3.68. The van der Waals surface area contributed by atoms with Crippen LogP contribution in [0.5, 0.6) is 5.75 Å². The van der Waals surface area contributed by atoms with Crippen molar-refractivity contribution < 1.29 is 23.4 Å². The first-order valence-electron chi connectivity index (χ1n) is 12.0. The van der Waals surface area contributed by atoms with Crippen LogP contribution in [0.4, 0.5) is 23.0 Å². The Balaban J connectivity index is 1.36. The zero-order valence-electron chi connectivity index (χ0n) is 21.2. The summed E-state index contributed by atoms with van der Waals surface area (Å²) in [4.78, 5) is 35.8. The quantitative estimate of drug-likeness (QED) is 0.551. The van der Waals surface area contributed by atoms with Crippen molar-refractivity contribution in [1.82, 2.24) is 9.88 Å². The lowest BCUT2D eigenvalue weighted by Crippen LogP contribution is -2.70. The molecule has 2 saturated heterocycles. The topological polar surface area (TPSA) is 118 Å². The maximum Gasteiger partial charge on any atom is 0.254 e. The third-order valence-electron chi connectivity index (χ3n) is 7.61. The molecule has 11 heteroatoms. The summed E-state index contributed by atoms with van der Waals surface area (Å²) in [7, 11) is 0.727. The summed E-state index contributed by atoms with van der Waals surface area (Å²) in [5.41, 5.74) is 1.88. The number of ether oxygens (including phenoxy) is 1. The highest BCUT2D eigenvalue weighted by molar-refractivity contribution is 8.26. The predicted octanol–water partition coefficient (Wildman–Crippen LogP) is 3.76. The molecule has 2 aromatic rings. The lowest BCUT2D eigenvalue weighted by Gasteiger charge is -2.67. The monoisotopic (exact) mass is 515 g/mol. The van der Waals surface area contributed by atoms with Crippen LogP contribution in [-0.2, 0) is 4.79 Å². The van der Waals surface area contributed by atoms with Gasteiger partial charge in [0.15, 0.2) is 5.82 Å². The first-order chi connectivity index (χ1) is 17.0.